The minimum Gasteiger partial charge on any atom is -0.505 e. The minimum atomic E-state index is -0.584. The Labute approximate surface area is 85.4 Å². The maximum Gasteiger partial charge on any atom is 0.352 e. The van der Waals surface area contributed by atoms with Crippen LogP contribution in [0.4, 0.5) is 0 Å². The van der Waals surface area contributed by atoms with E-state index in [0.29, 0.717) is 4.88 Å². The highest BCUT2D eigenvalue weighted by atomic mass is 32.1. The van der Waals surface area contributed by atoms with Crippen molar-refractivity contribution in [2.24, 2.45) is 0 Å². The van der Waals surface area contributed by atoms with Gasteiger partial charge in [0.1, 0.15) is 11.6 Å². The molecule has 0 saturated heterocycles. The van der Waals surface area contributed by atoms with Crippen molar-refractivity contribution in [1.82, 2.24) is 0 Å². The number of esters is 1. The van der Waals surface area contributed by atoms with Gasteiger partial charge in [-0.05, 0) is 13.8 Å². The number of hydrogen-bond acceptors (Lipinski definition) is 5. The standard InChI is InChI=1S/C9H9NO3S/c1-3-13-9(12)8-7(11)6(4-10)5(2)14-8/h11H,3H2,1-2H3. The molecule has 4 nitrogen and oxygen atoms in total. The molecule has 0 aliphatic carbocycles. The number of ether oxygens (including phenoxy) is 1. The van der Waals surface area contributed by atoms with Crippen molar-refractivity contribution >= 4 is 17.3 Å². The molecule has 0 unspecified atom stereocenters. The van der Waals surface area contributed by atoms with E-state index in [2.05, 4.69) is 0 Å². The van der Waals surface area contributed by atoms with Crippen LogP contribution in [0.1, 0.15) is 27.0 Å². The molecule has 74 valence electrons. The summed E-state index contributed by atoms with van der Waals surface area (Å²) in [6, 6.07) is 1.83. The van der Waals surface area contributed by atoms with Crippen LogP contribution in [0.3, 0.4) is 0 Å². The lowest BCUT2D eigenvalue weighted by molar-refractivity contribution is 0.0529. The molecule has 0 aromatic carbocycles. The van der Waals surface area contributed by atoms with Gasteiger partial charge in [-0.15, -0.1) is 11.3 Å². The predicted octanol–water partition coefficient (Wildman–Crippen LogP) is 1.81. The highest BCUT2D eigenvalue weighted by Crippen LogP contribution is 2.33. The van der Waals surface area contributed by atoms with Crippen LogP contribution in [0.2, 0.25) is 0 Å². The summed E-state index contributed by atoms with van der Waals surface area (Å²) in [6.07, 6.45) is 0. The van der Waals surface area contributed by atoms with E-state index in [1.165, 1.54) is 0 Å². The number of carbonyl (C=O) groups excluding carboxylic acids is 1. The number of nitriles is 1. The lowest BCUT2D eigenvalue weighted by Gasteiger charge is -1.98. The summed E-state index contributed by atoms with van der Waals surface area (Å²) < 4.78 is 4.72. The first-order chi connectivity index (χ1) is 6.61. The fraction of sp³-hybridized carbons (Fsp3) is 0.333. The number of aryl methyl sites for hydroxylation is 1. The number of carbonyl (C=O) groups is 1. The van der Waals surface area contributed by atoms with Gasteiger partial charge in [-0.1, -0.05) is 0 Å². The third kappa shape index (κ3) is 1.70. The van der Waals surface area contributed by atoms with Crippen molar-refractivity contribution in [3.63, 3.8) is 0 Å². The molecule has 1 N–H and O–H groups in total. The lowest BCUT2D eigenvalue weighted by atomic mass is 10.2. The highest BCUT2D eigenvalue weighted by molar-refractivity contribution is 7.14. The normalized spacial score (nSPS) is 9.50. The molecule has 5 heteroatoms. The molecule has 0 amide bonds. The Morgan fingerprint density at radius 1 is 1.71 bits per heavy atom. The quantitative estimate of drug-likeness (QED) is 0.757. The van der Waals surface area contributed by atoms with Gasteiger partial charge in [0, 0.05) is 4.88 Å². The van der Waals surface area contributed by atoms with Gasteiger partial charge in [0.15, 0.2) is 10.6 Å². The van der Waals surface area contributed by atoms with Gasteiger partial charge in [0.25, 0.3) is 0 Å². The molecule has 0 aliphatic heterocycles. The largest absolute Gasteiger partial charge is 0.505 e. The van der Waals surface area contributed by atoms with Gasteiger partial charge >= 0.3 is 5.97 Å². The average molecular weight is 211 g/mol. The Bertz CT molecular complexity index is 403. The van der Waals surface area contributed by atoms with Crippen LogP contribution < -0.4 is 0 Å². The van der Waals surface area contributed by atoms with E-state index >= 15 is 0 Å². The number of thiophene rings is 1. The van der Waals surface area contributed by atoms with Crippen LogP contribution in [0.5, 0.6) is 5.75 Å². The fourth-order valence-electron chi connectivity index (χ4n) is 0.999. The van der Waals surface area contributed by atoms with E-state index in [1.807, 2.05) is 6.07 Å². The Kier molecular flexibility index (Phi) is 3.10. The van der Waals surface area contributed by atoms with Gasteiger partial charge in [-0.25, -0.2) is 4.79 Å². The molecule has 0 fully saturated rings. The van der Waals surface area contributed by atoms with Crippen LogP contribution in [-0.2, 0) is 4.74 Å². The summed E-state index contributed by atoms with van der Waals surface area (Å²) in [5, 5.41) is 18.2. The van der Waals surface area contributed by atoms with Gasteiger partial charge in [-0.2, -0.15) is 5.26 Å². The summed E-state index contributed by atoms with van der Waals surface area (Å²) in [7, 11) is 0. The Morgan fingerprint density at radius 2 is 2.36 bits per heavy atom. The summed E-state index contributed by atoms with van der Waals surface area (Å²) in [5.74, 6) is -0.854. The zero-order valence-electron chi connectivity index (χ0n) is 7.83. The Balaban J connectivity index is 3.13. The zero-order valence-corrected chi connectivity index (χ0v) is 8.64. The predicted molar refractivity (Wildman–Crippen MR) is 51.4 cm³/mol. The molecule has 1 aromatic heterocycles. The molecule has 0 atom stereocenters. The molecule has 0 spiro atoms. The van der Waals surface area contributed by atoms with Crippen molar-refractivity contribution in [1.29, 1.82) is 5.26 Å². The first-order valence-electron chi connectivity index (χ1n) is 4.01. The molecule has 14 heavy (non-hydrogen) atoms. The number of nitrogens with zero attached hydrogens (tertiary/aromatic N) is 1. The molecule has 0 aliphatic rings. The van der Waals surface area contributed by atoms with E-state index in [1.54, 1.807) is 13.8 Å². The Hall–Kier alpha value is -1.54. The summed E-state index contributed by atoms with van der Waals surface area (Å²) >= 11 is 1.07. The first-order valence-corrected chi connectivity index (χ1v) is 4.83. The number of hydrogen-bond donors (Lipinski definition) is 1. The summed E-state index contributed by atoms with van der Waals surface area (Å²) in [5.41, 5.74) is 0.151. The van der Waals surface area contributed by atoms with Crippen LogP contribution in [0.15, 0.2) is 0 Å². The fourth-order valence-corrected chi connectivity index (χ4v) is 1.89. The third-order valence-electron chi connectivity index (χ3n) is 1.63. The van der Waals surface area contributed by atoms with Crippen molar-refractivity contribution < 1.29 is 14.6 Å². The second kappa shape index (κ2) is 4.11. The van der Waals surface area contributed by atoms with E-state index < -0.39 is 5.97 Å². The molecule has 0 saturated carbocycles. The lowest BCUT2D eigenvalue weighted by Crippen LogP contribution is -2.02. The maximum atomic E-state index is 11.3. The van der Waals surface area contributed by atoms with Crippen molar-refractivity contribution in [2.75, 3.05) is 6.61 Å². The molecule has 1 aromatic rings. The molecular weight excluding hydrogens is 202 g/mol. The van der Waals surface area contributed by atoms with E-state index in [4.69, 9.17) is 10.00 Å². The van der Waals surface area contributed by atoms with Crippen LogP contribution >= 0.6 is 11.3 Å². The molecule has 0 bridgehead atoms. The molecule has 1 rings (SSSR count). The second-order valence-corrected chi connectivity index (χ2v) is 3.77. The maximum absolute atomic E-state index is 11.3. The van der Waals surface area contributed by atoms with Crippen molar-refractivity contribution in [3.8, 4) is 11.8 Å². The second-order valence-electron chi connectivity index (χ2n) is 2.54. The third-order valence-corrected chi connectivity index (χ3v) is 2.71. The van der Waals surface area contributed by atoms with Crippen molar-refractivity contribution in [2.45, 2.75) is 13.8 Å². The van der Waals surface area contributed by atoms with Crippen LogP contribution in [0, 0.1) is 18.3 Å². The van der Waals surface area contributed by atoms with Gasteiger partial charge in [0.05, 0.1) is 6.61 Å². The average Bonchev–Trinajstić information content (AvgIpc) is 2.42. The minimum absolute atomic E-state index is 0.0981. The first kappa shape index (κ1) is 10.5. The van der Waals surface area contributed by atoms with Crippen LogP contribution in [0.25, 0.3) is 0 Å². The zero-order chi connectivity index (χ0) is 10.7. The Morgan fingerprint density at radius 3 is 2.79 bits per heavy atom. The van der Waals surface area contributed by atoms with E-state index in [9.17, 15) is 9.90 Å². The number of aromatic hydroxyl groups is 1. The molecular formula is C9H9NO3S. The number of rotatable bonds is 2. The SMILES string of the molecule is CCOC(=O)c1sc(C)c(C#N)c1O. The van der Waals surface area contributed by atoms with Gasteiger partial charge in [-0.3, -0.25) is 0 Å². The molecule has 1 heterocycles. The van der Waals surface area contributed by atoms with Crippen LogP contribution in [-0.4, -0.2) is 17.7 Å². The summed E-state index contributed by atoms with van der Waals surface area (Å²) in [4.78, 5) is 12.0. The topological polar surface area (TPSA) is 70.3 Å². The van der Waals surface area contributed by atoms with E-state index in [0.717, 1.165) is 11.3 Å². The highest BCUT2D eigenvalue weighted by Gasteiger charge is 2.21. The smallest absolute Gasteiger partial charge is 0.352 e. The monoisotopic (exact) mass is 211 g/mol. The van der Waals surface area contributed by atoms with Gasteiger partial charge < -0.3 is 9.84 Å². The molecule has 0 radical (unpaired) electrons. The summed E-state index contributed by atoms with van der Waals surface area (Å²) in [6.45, 7) is 3.60. The van der Waals surface area contributed by atoms with E-state index in [-0.39, 0.29) is 22.8 Å². The van der Waals surface area contributed by atoms with Crippen molar-refractivity contribution in [3.05, 3.63) is 15.3 Å². The van der Waals surface area contributed by atoms with Gasteiger partial charge in [0.2, 0.25) is 0 Å².